The number of aryl methyl sites for hydroxylation is 1. The Morgan fingerprint density at radius 3 is 2.68 bits per heavy atom. The highest BCUT2D eigenvalue weighted by atomic mass is 19.1. The third-order valence-corrected chi connectivity index (χ3v) is 3.63. The lowest BCUT2D eigenvalue weighted by Gasteiger charge is -2.34. The molecule has 0 unspecified atom stereocenters. The van der Waals surface area contributed by atoms with Crippen molar-refractivity contribution in [3.05, 3.63) is 53.6 Å². The number of carbonyl (C=O) groups is 1. The highest BCUT2D eigenvalue weighted by Crippen LogP contribution is 2.14. The van der Waals surface area contributed by atoms with Gasteiger partial charge in [0.1, 0.15) is 12.4 Å². The minimum atomic E-state index is -0.281. The van der Waals surface area contributed by atoms with Gasteiger partial charge in [-0.05, 0) is 30.2 Å². The van der Waals surface area contributed by atoms with Gasteiger partial charge in [-0.1, -0.05) is 12.1 Å². The van der Waals surface area contributed by atoms with Crippen LogP contribution in [-0.4, -0.2) is 40.4 Å². The summed E-state index contributed by atoms with van der Waals surface area (Å²) in [5.41, 5.74) is 1.79. The van der Waals surface area contributed by atoms with Crippen LogP contribution in [0.25, 0.3) is 0 Å². The number of carbonyl (C=O) groups excluding carboxylic acids is 1. The summed E-state index contributed by atoms with van der Waals surface area (Å²) in [7, 11) is 0. The third-order valence-electron chi connectivity index (χ3n) is 3.63. The van der Waals surface area contributed by atoms with Gasteiger partial charge < -0.3 is 9.80 Å². The van der Waals surface area contributed by atoms with E-state index in [9.17, 15) is 9.18 Å². The van der Waals surface area contributed by atoms with Crippen molar-refractivity contribution in [1.82, 2.24) is 14.9 Å². The molecule has 0 spiro atoms. The zero-order valence-electron chi connectivity index (χ0n) is 12.4. The lowest BCUT2D eigenvalue weighted by molar-refractivity contribution is -0.131. The van der Waals surface area contributed by atoms with Crippen molar-refractivity contribution in [2.75, 3.05) is 24.5 Å². The number of hydrogen-bond acceptors (Lipinski definition) is 4. The Morgan fingerprint density at radius 1 is 1.23 bits per heavy atom. The SMILES string of the molecule is Cc1cnc(N2CCN(Cc3cccc(F)c3)C(=O)C2)nc1. The van der Waals surface area contributed by atoms with Gasteiger partial charge in [0.2, 0.25) is 11.9 Å². The van der Waals surface area contributed by atoms with Gasteiger partial charge in [-0.3, -0.25) is 4.79 Å². The molecule has 5 nitrogen and oxygen atoms in total. The summed E-state index contributed by atoms with van der Waals surface area (Å²) in [6.45, 7) is 3.85. The molecule has 1 amide bonds. The molecule has 1 fully saturated rings. The number of hydrogen-bond donors (Lipinski definition) is 0. The number of rotatable bonds is 3. The first-order valence-corrected chi connectivity index (χ1v) is 7.17. The van der Waals surface area contributed by atoms with Crippen LogP contribution in [0.1, 0.15) is 11.1 Å². The fourth-order valence-electron chi connectivity index (χ4n) is 2.45. The Balaban J connectivity index is 1.65. The van der Waals surface area contributed by atoms with Crippen molar-refractivity contribution in [2.45, 2.75) is 13.5 Å². The van der Waals surface area contributed by atoms with E-state index >= 15 is 0 Å². The number of nitrogens with zero attached hydrogens (tertiary/aromatic N) is 4. The molecule has 2 heterocycles. The first-order valence-electron chi connectivity index (χ1n) is 7.17. The molecule has 2 aromatic rings. The second-order valence-corrected chi connectivity index (χ2v) is 5.43. The summed E-state index contributed by atoms with van der Waals surface area (Å²) in [6, 6.07) is 6.35. The first-order chi connectivity index (χ1) is 10.6. The van der Waals surface area contributed by atoms with Crippen LogP contribution in [0.15, 0.2) is 36.7 Å². The molecular formula is C16H17FN4O. The zero-order valence-corrected chi connectivity index (χ0v) is 12.4. The maximum Gasteiger partial charge on any atom is 0.242 e. The number of anilines is 1. The Hall–Kier alpha value is -2.50. The molecule has 1 saturated heterocycles. The number of piperazine rings is 1. The van der Waals surface area contributed by atoms with Gasteiger partial charge in [0.05, 0.1) is 0 Å². The van der Waals surface area contributed by atoms with Gasteiger partial charge in [-0.25, -0.2) is 14.4 Å². The van der Waals surface area contributed by atoms with Crippen LogP contribution in [0.5, 0.6) is 0 Å². The van der Waals surface area contributed by atoms with Crippen LogP contribution in [0.3, 0.4) is 0 Å². The molecule has 1 aliphatic rings. The standard InChI is InChI=1S/C16H17FN4O/c1-12-8-18-16(19-9-12)21-6-5-20(15(22)11-21)10-13-3-2-4-14(17)7-13/h2-4,7-9H,5-6,10-11H2,1H3. The summed E-state index contributed by atoms with van der Waals surface area (Å²) >= 11 is 0. The Morgan fingerprint density at radius 2 is 2.00 bits per heavy atom. The fraction of sp³-hybridized carbons (Fsp3) is 0.312. The molecule has 0 radical (unpaired) electrons. The lowest BCUT2D eigenvalue weighted by Crippen LogP contribution is -2.50. The van der Waals surface area contributed by atoms with Crippen molar-refractivity contribution in [2.24, 2.45) is 0 Å². The van der Waals surface area contributed by atoms with E-state index in [0.29, 0.717) is 25.6 Å². The van der Waals surface area contributed by atoms with Crippen LogP contribution < -0.4 is 4.90 Å². The highest BCUT2D eigenvalue weighted by Gasteiger charge is 2.25. The smallest absolute Gasteiger partial charge is 0.242 e. The molecule has 114 valence electrons. The number of halogens is 1. The van der Waals surface area contributed by atoms with Gasteiger partial charge in [-0.15, -0.1) is 0 Å². The third kappa shape index (κ3) is 3.21. The van der Waals surface area contributed by atoms with E-state index in [1.165, 1.54) is 12.1 Å². The predicted molar refractivity (Wildman–Crippen MR) is 80.8 cm³/mol. The molecular weight excluding hydrogens is 283 g/mol. The van der Waals surface area contributed by atoms with Crippen LogP contribution >= 0.6 is 0 Å². The molecule has 0 atom stereocenters. The summed E-state index contributed by atoms with van der Waals surface area (Å²) < 4.78 is 13.2. The Bertz CT molecular complexity index is 674. The number of amides is 1. The van der Waals surface area contributed by atoms with Gasteiger partial charge in [0.25, 0.3) is 0 Å². The average Bonchev–Trinajstić information content (AvgIpc) is 2.50. The maximum absolute atomic E-state index is 13.2. The fourth-order valence-corrected chi connectivity index (χ4v) is 2.45. The van der Waals surface area contributed by atoms with E-state index in [1.807, 2.05) is 17.9 Å². The molecule has 1 aromatic carbocycles. The van der Waals surface area contributed by atoms with Crippen molar-refractivity contribution >= 4 is 11.9 Å². The van der Waals surface area contributed by atoms with E-state index in [4.69, 9.17) is 0 Å². The van der Waals surface area contributed by atoms with E-state index in [-0.39, 0.29) is 18.3 Å². The minimum absolute atomic E-state index is 0.000291. The monoisotopic (exact) mass is 300 g/mol. The van der Waals surface area contributed by atoms with E-state index in [0.717, 1.165) is 11.1 Å². The molecule has 6 heteroatoms. The summed E-state index contributed by atoms with van der Waals surface area (Å²) in [5, 5.41) is 0. The quantitative estimate of drug-likeness (QED) is 0.867. The molecule has 1 aliphatic heterocycles. The second-order valence-electron chi connectivity index (χ2n) is 5.43. The largest absolute Gasteiger partial charge is 0.335 e. The first kappa shape index (κ1) is 14.4. The number of aromatic nitrogens is 2. The average molecular weight is 300 g/mol. The minimum Gasteiger partial charge on any atom is -0.335 e. The number of benzene rings is 1. The highest BCUT2D eigenvalue weighted by molar-refractivity contribution is 5.82. The van der Waals surface area contributed by atoms with Crippen molar-refractivity contribution < 1.29 is 9.18 Å². The van der Waals surface area contributed by atoms with Crippen LogP contribution in [0.2, 0.25) is 0 Å². The summed E-state index contributed by atoms with van der Waals surface area (Å²) in [5.74, 6) is 0.292. The normalized spacial score (nSPS) is 15.3. The molecule has 0 bridgehead atoms. The van der Waals surface area contributed by atoms with Crippen LogP contribution in [0.4, 0.5) is 10.3 Å². The van der Waals surface area contributed by atoms with E-state index < -0.39 is 0 Å². The topological polar surface area (TPSA) is 49.3 Å². The maximum atomic E-state index is 13.2. The molecule has 1 aromatic heterocycles. The van der Waals surface area contributed by atoms with E-state index in [1.54, 1.807) is 23.4 Å². The molecule has 0 N–H and O–H groups in total. The lowest BCUT2D eigenvalue weighted by atomic mass is 10.2. The summed E-state index contributed by atoms with van der Waals surface area (Å²) in [6.07, 6.45) is 3.48. The second kappa shape index (κ2) is 6.09. The molecule has 0 aliphatic carbocycles. The van der Waals surface area contributed by atoms with Gasteiger partial charge in [-0.2, -0.15) is 0 Å². The van der Waals surface area contributed by atoms with Crippen molar-refractivity contribution in [3.8, 4) is 0 Å². The molecule has 22 heavy (non-hydrogen) atoms. The van der Waals surface area contributed by atoms with Crippen LogP contribution in [0, 0.1) is 12.7 Å². The molecule has 3 rings (SSSR count). The van der Waals surface area contributed by atoms with Crippen molar-refractivity contribution in [3.63, 3.8) is 0 Å². The Kier molecular flexibility index (Phi) is 4.00. The van der Waals surface area contributed by atoms with Gasteiger partial charge in [0, 0.05) is 32.0 Å². The predicted octanol–water partition coefficient (Wildman–Crippen LogP) is 1.77. The molecule has 0 saturated carbocycles. The van der Waals surface area contributed by atoms with Gasteiger partial charge >= 0.3 is 0 Å². The van der Waals surface area contributed by atoms with Crippen molar-refractivity contribution in [1.29, 1.82) is 0 Å². The summed E-state index contributed by atoms with van der Waals surface area (Å²) in [4.78, 5) is 24.4. The zero-order chi connectivity index (χ0) is 15.5. The van der Waals surface area contributed by atoms with Crippen LogP contribution in [-0.2, 0) is 11.3 Å². The Labute approximate surface area is 128 Å². The van der Waals surface area contributed by atoms with E-state index in [2.05, 4.69) is 9.97 Å². The van der Waals surface area contributed by atoms with Gasteiger partial charge in [0.15, 0.2) is 0 Å².